The van der Waals surface area contributed by atoms with Crippen LogP contribution >= 0.6 is 27.5 Å². The van der Waals surface area contributed by atoms with Gasteiger partial charge in [0.05, 0.1) is 0 Å². The van der Waals surface area contributed by atoms with Gasteiger partial charge in [0.2, 0.25) is 0 Å². The molecule has 74 valence electrons. The zero-order valence-corrected chi connectivity index (χ0v) is 10.7. The molecule has 4 heteroatoms. The minimum absolute atomic E-state index is 0.482. The summed E-state index contributed by atoms with van der Waals surface area (Å²) in [4.78, 5) is 4.98. The standard InChI is InChI=1S/C9H15BrN2S/c1-4-7(6(3)10)9-11-8(5-2)12-13-9/h6-7H,4-5H2,1-3H3. The maximum absolute atomic E-state index is 4.50. The van der Waals surface area contributed by atoms with Crippen molar-refractivity contribution in [2.45, 2.75) is 44.4 Å². The second-order valence-electron chi connectivity index (χ2n) is 3.09. The Balaban J connectivity index is 2.79. The van der Waals surface area contributed by atoms with E-state index < -0.39 is 0 Å². The predicted molar refractivity (Wildman–Crippen MR) is 60.7 cm³/mol. The fourth-order valence-electron chi connectivity index (χ4n) is 1.26. The summed E-state index contributed by atoms with van der Waals surface area (Å²) in [5.74, 6) is 1.49. The van der Waals surface area contributed by atoms with E-state index in [0.29, 0.717) is 10.7 Å². The molecule has 0 saturated carbocycles. The Kier molecular flexibility index (Phi) is 4.32. The van der Waals surface area contributed by atoms with Crippen molar-refractivity contribution < 1.29 is 0 Å². The summed E-state index contributed by atoms with van der Waals surface area (Å²) >= 11 is 5.15. The van der Waals surface area contributed by atoms with Crippen LogP contribution in [0.1, 0.15) is 43.9 Å². The number of nitrogens with zero attached hydrogens (tertiary/aromatic N) is 2. The van der Waals surface area contributed by atoms with Crippen LogP contribution in [0.3, 0.4) is 0 Å². The van der Waals surface area contributed by atoms with Crippen LogP contribution in [-0.2, 0) is 6.42 Å². The van der Waals surface area contributed by atoms with Gasteiger partial charge in [-0.25, -0.2) is 4.98 Å². The first-order valence-corrected chi connectivity index (χ1v) is 6.34. The fraction of sp³-hybridized carbons (Fsp3) is 0.778. The maximum Gasteiger partial charge on any atom is 0.142 e. The van der Waals surface area contributed by atoms with E-state index >= 15 is 0 Å². The number of alkyl halides is 1. The van der Waals surface area contributed by atoms with E-state index in [1.165, 1.54) is 5.01 Å². The highest BCUT2D eigenvalue weighted by Crippen LogP contribution is 2.28. The molecule has 1 heterocycles. The molecule has 0 radical (unpaired) electrons. The maximum atomic E-state index is 4.50. The van der Waals surface area contributed by atoms with Gasteiger partial charge < -0.3 is 0 Å². The average Bonchev–Trinajstić information content (AvgIpc) is 2.53. The largest absolute Gasteiger partial charge is 0.224 e. The molecule has 0 aliphatic heterocycles. The molecule has 0 N–H and O–H groups in total. The summed E-state index contributed by atoms with van der Waals surface area (Å²) in [5.41, 5.74) is 0. The molecule has 1 rings (SSSR count). The van der Waals surface area contributed by atoms with Crippen molar-refractivity contribution in [1.29, 1.82) is 0 Å². The third-order valence-electron chi connectivity index (χ3n) is 2.11. The lowest BCUT2D eigenvalue weighted by Gasteiger charge is -2.13. The van der Waals surface area contributed by atoms with Gasteiger partial charge in [-0.1, -0.05) is 36.7 Å². The minimum atomic E-state index is 0.482. The van der Waals surface area contributed by atoms with Crippen molar-refractivity contribution in [2.24, 2.45) is 0 Å². The van der Waals surface area contributed by atoms with Crippen molar-refractivity contribution in [3.05, 3.63) is 10.8 Å². The molecule has 0 amide bonds. The second kappa shape index (κ2) is 5.05. The van der Waals surface area contributed by atoms with Crippen LogP contribution in [0.4, 0.5) is 0 Å². The Labute approximate surface area is 92.1 Å². The lowest BCUT2D eigenvalue weighted by molar-refractivity contribution is 0.655. The number of rotatable bonds is 4. The van der Waals surface area contributed by atoms with Crippen molar-refractivity contribution >= 4 is 27.5 Å². The summed E-state index contributed by atoms with van der Waals surface area (Å²) < 4.78 is 4.30. The lowest BCUT2D eigenvalue weighted by atomic mass is 10.1. The third-order valence-corrected chi connectivity index (χ3v) is 3.63. The van der Waals surface area contributed by atoms with Gasteiger partial charge in [0, 0.05) is 17.2 Å². The van der Waals surface area contributed by atoms with Crippen LogP contribution < -0.4 is 0 Å². The zero-order chi connectivity index (χ0) is 9.84. The molecular formula is C9H15BrN2S. The topological polar surface area (TPSA) is 25.8 Å². The molecule has 13 heavy (non-hydrogen) atoms. The molecule has 0 aliphatic rings. The van der Waals surface area contributed by atoms with Gasteiger partial charge >= 0.3 is 0 Å². The number of hydrogen-bond donors (Lipinski definition) is 0. The zero-order valence-electron chi connectivity index (χ0n) is 8.25. The van der Waals surface area contributed by atoms with Gasteiger partial charge in [-0.2, -0.15) is 4.37 Å². The molecule has 0 bridgehead atoms. The van der Waals surface area contributed by atoms with Crippen LogP contribution in [0.5, 0.6) is 0 Å². The van der Waals surface area contributed by atoms with Crippen molar-refractivity contribution in [1.82, 2.24) is 9.36 Å². The van der Waals surface area contributed by atoms with Crippen LogP contribution in [0.2, 0.25) is 0 Å². The fourth-order valence-corrected chi connectivity index (χ4v) is 3.08. The molecule has 1 aromatic rings. The summed E-state index contributed by atoms with van der Waals surface area (Å²) in [6.07, 6.45) is 2.05. The van der Waals surface area contributed by atoms with Crippen LogP contribution in [0.25, 0.3) is 0 Å². The van der Waals surface area contributed by atoms with Crippen LogP contribution in [0, 0.1) is 0 Å². The van der Waals surface area contributed by atoms with E-state index in [1.54, 1.807) is 11.5 Å². The predicted octanol–water partition coefficient (Wildman–Crippen LogP) is 3.38. The van der Waals surface area contributed by atoms with Gasteiger partial charge in [0.25, 0.3) is 0 Å². The van der Waals surface area contributed by atoms with E-state index in [4.69, 9.17) is 0 Å². The molecule has 0 fully saturated rings. The molecule has 2 atom stereocenters. The molecule has 0 spiro atoms. The number of aromatic nitrogens is 2. The first kappa shape index (κ1) is 11.1. The van der Waals surface area contributed by atoms with Crippen molar-refractivity contribution in [2.75, 3.05) is 0 Å². The molecule has 0 saturated heterocycles. The van der Waals surface area contributed by atoms with E-state index in [-0.39, 0.29) is 0 Å². The van der Waals surface area contributed by atoms with Crippen LogP contribution in [-0.4, -0.2) is 14.2 Å². The first-order chi connectivity index (χ1) is 6.19. The smallest absolute Gasteiger partial charge is 0.142 e. The van der Waals surface area contributed by atoms with Crippen LogP contribution in [0.15, 0.2) is 0 Å². The Bertz CT molecular complexity index is 260. The molecular weight excluding hydrogens is 248 g/mol. The molecule has 0 aromatic carbocycles. The normalized spacial score (nSPS) is 15.7. The Morgan fingerprint density at radius 3 is 2.54 bits per heavy atom. The van der Waals surface area contributed by atoms with Gasteiger partial charge in [-0.3, -0.25) is 0 Å². The van der Waals surface area contributed by atoms with E-state index in [9.17, 15) is 0 Å². The van der Waals surface area contributed by atoms with E-state index in [2.05, 4.69) is 46.1 Å². The number of aryl methyl sites for hydroxylation is 1. The Hall–Kier alpha value is 0.0400. The third kappa shape index (κ3) is 2.74. The Morgan fingerprint density at radius 1 is 1.46 bits per heavy atom. The summed E-state index contributed by atoms with van der Waals surface area (Å²) in [6, 6.07) is 0. The van der Waals surface area contributed by atoms with Crippen molar-refractivity contribution in [3.8, 4) is 0 Å². The first-order valence-electron chi connectivity index (χ1n) is 4.65. The van der Waals surface area contributed by atoms with Gasteiger partial charge in [-0.15, -0.1) is 0 Å². The molecule has 2 unspecified atom stereocenters. The minimum Gasteiger partial charge on any atom is -0.224 e. The highest BCUT2D eigenvalue weighted by molar-refractivity contribution is 9.09. The average molecular weight is 263 g/mol. The molecule has 0 aliphatic carbocycles. The number of halogens is 1. The van der Waals surface area contributed by atoms with E-state index in [0.717, 1.165) is 18.7 Å². The molecule has 2 nitrogen and oxygen atoms in total. The summed E-state index contributed by atoms with van der Waals surface area (Å²) in [5, 5.41) is 1.17. The van der Waals surface area contributed by atoms with Crippen molar-refractivity contribution in [3.63, 3.8) is 0 Å². The van der Waals surface area contributed by atoms with E-state index in [1.807, 2.05) is 0 Å². The second-order valence-corrected chi connectivity index (χ2v) is 5.32. The quantitative estimate of drug-likeness (QED) is 0.778. The number of hydrogen-bond acceptors (Lipinski definition) is 3. The van der Waals surface area contributed by atoms with Gasteiger partial charge in [0.15, 0.2) is 0 Å². The highest BCUT2D eigenvalue weighted by Gasteiger charge is 2.18. The SMILES string of the molecule is CCc1nsc(C(CC)C(C)Br)n1. The summed E-state index contributed by atoms with van der Waals surface area (Å²) in [6.45, 7) is 6.45. The lowest BCUT2D eigenvalue weighted by Crippen LogP contribution is -2.07. The highest BCUT2D eigenvalue weighted by atomic mass is 79.9. The molecule has 1 aromatic heterocycles. The van der Waals surface area contributed by atoms with Gasteiger partial charge in [0.1, 0.15) is 10.8 Å². The Morgan fingerprint density at radius 2 is 2.15 bits per heavy atom. The summed E-state index contributed by atoms with van der Waals surface area (Å²) in [7, 11) is 0. The monoisotopic (exact) mass is 262 g/mol. The van der Waals surface area contributed by atoms with Gasteiger partial charge in [-0.05, 0) is 18.0 Å².